The molecule has 0 aliphatic rings. The zero-order valence-electron chi connectivity index (χ0n) is 5.40. The summed E-state index contributed by atoms with van der Waals surface area (Å²) in [4.78, 5) is 7.37. The average Bonchev–Trinajstić information content (AvgIpc) is 1.82. The Hall–Kier alpha value is -1.17. The van der Waals surface area contributed by atoms with Gasteiger partial charge in [-0.3, -0.25) is 4.57 Å². The van der Waals surface area contributed by atoms with Crippen molar-refractivity contribution >= 4 is 24.1 Å². The van der Waals surface area contributed by atoms with Gasteiger partial charge in [-0.15, -0.1) is 0 Å². The molecule has 1 heterocycles. The summed E-state index contributed by atoms with van der Waals surface area (Å²) >= 11 is 4.78. The van der Waals surface area contributed by atoms with Crippen LogP contribution in [0.4, 0.5) is 11.9 Å². The summed E-state index contributed by atoms with van der Waals surface area (Å²) in [6.07, 6.45) is 0. The molecule has 0 radical (unpaired) electrons. The van der Waals surface area contributed by atoms with Gasteiger partial charge in [0, 0.05) is 7.05 Å². The number of rotatable bonds is 0. The van der Waals surface area contributed by atoms with Crippen LogP contribution in [-0.2, 0) is 7.05 Å². The highest BCUT2D eigenvalue weighted by atomic mass is 32.1. The Balaban J connectivity index is 3.46. The molecule has 1 aromatic heterocycles. The second-order valence-electron chi connectivity index (χ2n) is 1.78. The van der Waals surface area contributed by atoms with Gasteiger partial charge in [-0.25, -0.2) is 0 Å². The number of nitrogen functional groups attached to an aromatic ring is 2. The monoisotopic (exact) mass is 157 g/mol. The topological polar surface area (TPSA) is 82.8 Å². The van der Waals surface area contributed by atoms with E-state index in [9.17, 15) is 0 Å². The van der Waals surface area contributed by atoms with Crippen molar-refractivity contribution in [1.29, 1.82) is 0 Å². The van der Waals surface area contributed by atoms with Crippen LogP contribution < -0.4 is 11.5 Å². The molecule has 0 aliphatic carbocycles. The zero-order valence-corrected chi connectivity index (χ0v) is 6.22. The van der Waals surface area contributed by atoms with E-state index >= 15 is 0 Å². The SMILES string of the molecule is Cn1c(N)nc(N)nc1=S. The van der Waals surface area contributed by atoms with E-state index in [0.717, 1.165) is 0 Å². The minimum atomic E-state index is 0.112. The maximum Gasteiger partial charge on any atom is 0.225 e. The Kier molecular flexibility index (Phi) is 1.54. The molecule has 54 valence electrons. The van der Waals surface area contributed by atoms with E-state index in [4.69, 9.17) is 23.7 Å². The largest absolute Gasteiger partial charge is 0.369 e. The van der Waals surface area contributed by atoms with Crippen LogP contribution in [-0.4, -0.2) is 14.5 Å². The fourth-order valence-electron chi connectivity index (χ4n) is 0.488. The third kappa shape index (κ3) is 1.06. The smallest absolute Gasteiger partial charge is 0.225 e. The van der Waals surface area contributed by atoms with Crippen molar-refractivity contribution in [3.05, 3.63) is 4.77 Å². The molecule has 0 spiro atoms. The van der Waals surface area contributed by atoms with E-state index in [1.54, 1.807) is 7.05 Å². The fourth-order valence-corrected chi connectivity index (χ4v) is 0.675. The molecule has 0 atom stereocenters. The molecule has 5 nitrogen and oxygen atoms in total. The van der Waals surface area contributed by atoms with E-state index in [1.807, 2.05) is 0 Å². The molecule has 4 N–H and O–H groups in total. The Morgan fingerprint density at radius 3 is 2.50 bits per heavy atom. The zero-order chi connectivity index (χ0) is 7.72. The summed E-state index contributed by atoms with van der Waals surface area (Å²) in [5.41, 5.74) is 10.6. The standard InChI is InChI=1S/C4H7N5S/c1-9-3(6)7-2(5)8-4(9)10/h1H3,(H4,5,6,7,8,10). The van der Waals surface area contributed by atoms with Gasteiger partial charge in [0.25, 0.3) is 0 Å². The van der Waals surface area contributed by atoms with Crippen LogP contribution in [0.2, 0.25) is 0 Å². The molecule has 1 aromatic rings. The molecule has 0 bridgehead atoms. The van der Waals surface area contributed by atoms with Crippen molar-refractivity contribution in [1.82, 2.24) is 14.5 Å². The van der Waals surface area contributed by atoms with Gasteiger partial charge >= 0.3 is 0 Å². The van der Waals surface area contributed by atoms with Crippen LogP contribution in [0.3, 0.4) is 0 Å². The second kappa shape index (κ2) is 2.22. The summed E-state index contributed by atoms with van der Waals surface area (Å²) in [7, 11) is 1.68. The lowest BCUT2D eigenvalue weighted by atomic mass is 10.8. The summed E-state index contributed by atoms with van der Waals surface area (Å²) in [6, 6.07) is 0. The summed E-state index contributed by atoms with van der Waals surface area (Å²) in [5.74, 6) is 0.387. The van der Waals surface area contributed by atoms with Crippen molar-refractivity contribution in [2.75, 3.05) is 11.5 Å². The number of aromatic nitrogens is 3. The number of nitrogens with zero attached hydrogens (tertiary/aromatic N) is 3. The summed E-state index contributed by atoms with van der Waals surface area (Å²) in [5, 5.41) is 0. The van der Waals surface area contributed by atoms with Gasteiger partial charge < -0.3 is 11.5 Å². The van der Waals surface area contributed by atoms with Gasteiger partial charge in [0.1, 0.15) is 0 Å². The second-order valence-corrected chi connectivity index (χ2v) is 2.15. The Morgan fingerprint density at radius 1 is 1.40 bits per heavy atom. The first-order valence-corrected chi connectivity index (χ1v) is 2.98. The van der Waals surface area contributed by atoms with Gasteiger partial charge in [-0.05, 0) is 12.2 Å². The first-order chi connectivity index (χ1) is 4.61. The lowest BCUT2D eigenvalue weighted by Gasteiger charge is -2.00. The summed E-state index contributed by atoms with van der Waals surface area (Å²) < 4.78 is 1.82. The molecular weight excluding hydrogens is 150 g/mol. The summed E-state index contributed by atoms with van der Waals surface area (Å²) in [6.45, 7) is 0. The maximum atomic E-state index is 5.39. The molecule has 6 heteroatoms. The fraction of sp³-hybridized carbons (Fsp3) is 0.250. The van der Waals surface area contributed by atoms with E-state index in [0.29, 0.717) is 4.77 Å². The molecule has 0 saturated carbocycles. The first kappa shape index (κ1) is 6.94. The van der Waals surface area contributed by atoms with Crippen molar-refractivity contribution in [2.45, 2.75) is 0 Å². The van der Waals surface area contributed by atoms with E-state index < -0.39 is 0 Å². The molecule has 0 amide bonds. The van der Waals surface area contributed by atoms with Gasteiger partial charge in [0.05, 0.1) is 0 Å². The van der Waals surface area contributed by atoms with Crippen LogP contribution in [0.5, 0.6) is 0 Å². The molecule has 0 unspecified atom stereocenters. The normalized spacial score (nSPS) is 9.70. The minimum Gasteiger partial charge on any atom is -0.369 e. The predicted octanol–water partition coefficient (Wildman–Crippen LogP) is -0.291. The third-order valence-corrected chi connectivity index (χ3v) is 1.44. The Morgan fingerprint density at radius 2 is 2.00 bits per heavy atom. The predicted molar refractivity (Wildman–Crippen MR) is 40.7 cm³/mol. The van der Waals surface area contributed by atoms with Gasteiger partial charge in [0.15, 0.2) is 0 Å². The molecule has 0 aromatic carbocycles. The highest BCUT2D eigenvalue weighted by molar-refractivity contribution is 7.71. The number of hydrogen-bond acceptors (Lipinski definition) is 5. The molecule has 0 fully saturated rings. The van der Waals surface area contributed by atoms with Crippen molar-refractivity contribution in [3.63, 3.8) is 0 Å². The quantitative estimate of drug-likeness (QED) is 0.505. The minimum absolute atomic E-state index is 0.112. The van der Waals surface area contributed by atoms with Crippen LogP contribution in [0.1, 0.15) is 0 Å². The number of hydrogen-bond donors (Lipinski definition) is 2. The van der Waals surface area contributed by atoms with Crippen molar-refractivity contribution < 1.29 is 0 Å². The van der Waals surface area contributed by atoms with Crippen LogP contribution in [0, 0.1) is 4.77 Å². The molecule has 1 rings (SSSR count). The first-order valence-electron chi connectivity index (χ1n) is 2.57. The molecular formula is C4H7N5S. The van der Waals surface area contributed by atoms with E-state index in [1.165, 1.54) is 4.57 Å². The Bertz CT molecular complexity index is 303. The lowest BCUT2D eigenvalue weighted by molar-refractivity contribution is 0.824. The average molecular weight is 157 g/mol. The van der Waals surface area contributed by atoms with Crippen LogP contribution >= 0.6 is 12.2 Å². The van der Waals surface area contributed by atoms with Gasteiger partial charge in [0.2, 0.25) is 16.7 Å². The van der Waals surface area contributed by atoms with Crippen molar-refractivity contribution in [3.8, 4) is 0 Å². The van der Waals surface area contributed by atoms with E-state index in [2.05, 4.69) is 9.97 Å². The van der Waals surface area contributed by atoms with Crippen LogP contribution in [0.15, 0.2) is 0 Å². The molecule has 10 heavy (non-hydrogen) atoms. The molecule has 0 aliphatic heterocycles. The van der Waals surface area contributed by atoms with E-state index in [-0.39, 0.29) is 11.9 Å². The number of nitrogens with two attached hydrogens (primary N) is 2. The highest BCUT2D eigenvalue weighted by Crippen LogP contribution is 1.97. The highest BCUT2D eigenvalue weighted by Gasteiger charge is 1.95. The third-order valence-electron chi connectivity index (χ3n) is 1.07. The van der Waals surface area contributed by atoms with Crippen LogP contribution in [0.25, 0.3) is 0 Å². The number of anilines is 2. The van der Waals surface area contributed by atoms with Crippen molar-refractivity contribution in [2.24, 2.45) is 7.05 Å². The van der Waals surface area contributed by atoms with Gasteiger partial charge in [-0.2, -0.15) is 9.97 Å². The maximum absolute atomic E-state index is 5.39. The lowest BCUT2D eigenvalue weighted by Crippen LogP contribution is -2.09. The Labute approximate surface area is 62.7 Å². The van der Waals surface area contributed by atoms with Gasteiger partial charge in [-0.1, -0.05) is 0 Å². The molecule has 0 saturated heterocycles.